The lowest BCUT2D eigenvalue weighted by molar-refractivity contribution is 1.07. The Bertz CT molecular complexity index is 4070. The van der Waals surface area contributed by atoms with Gasteiger partial charge in [-0.25, -0.2) is 19.8 Å². The molecule has 0 fully saturated rings. The Morgan fingerprint density at radius 3 is 1.56 bits per heavy atom. The first kappa shape index (κ1) is 40.7. The van der Waals surface area contributed by atoms with Crippen LogP contribution in [0.4, 0.5) is 5.69 Å². The monoisotopic (exact) mass is 888 g/mol. The molecule has 0 saturated heterocycles. The van der Waals surface area contributed by atoms with Crippen LogP contribution >= 0.6 is 0 Å². The van der Waals surface area contributed by atoms with E-state index < -0.39 is 0 Å². The highest BCUT2D eigenvalue weighted by atomic mass is 15.0. The SMILES string of the molecule is [C-]#[N+]c1cccc(-c2cccc(-c3ccccc3-c3nc(-c4ccccc4)nc(-c4cccc(-c5ccc6ccccc6c5)c4)n3)c2)c1-c1ccc(-c2ccc3c(c2)-c2cccc4cccc-3c24)cc1. The number of hydrogen-bond donors (Lipinski definition) is 0. The Labute approximate surface area is 406 Å². The number of benzene rings is 11. The molecule has 4 nitrogen and oxygen atoms in total. The van der Waals surface area contributed by atoms with Crippen LogP contribution in [0.2, 0.25) is 0 Å². The molecule has 0 saturated carbocycles. The van der Waals surface area contributed by atoms with Crippen LogP contribution in [0.1, 0.15) is 0 Å². The molecule has 0 amide bonds. The molecular weight excluding hydrogens is 849 g/mol. The van der Waals surface area contributed by atoms with E-state index >= 15 is 0 Å². The van der Waals surface area contributed by atoms with Crippen LogP contribution in [-0.2, 0) is 0 Å². The third kappa shape index (κ3) is 7.13. The Kier molecular flexibility index (Phi) is 9.85. The minimum atomic E-state index is 0.585. The van der Waals surface area contributed by atoms with Gasteiger partial charge in [-0.2, -0.15) is 0 Å². The fraction of sp³-hybridized carbons (Fsp3) is 0. The van der Waals surface area contributed by atoms with Crippen molar-refractivity contribution in [3.05, 3.63) is 254 Å². The van der Waals surface area contributed by atoms with Gasteiger partial charge in [-0.3, -0.25) is 0 Å². The molecule has 0 aliphatic heterocycles. The molecule has 12 aromatic rings. The summed E-state index contributed by atoms with van der Waals surface area (Å²) in [5.41, 5.74) is 18.9. The van der Waals surface area contributed by atoms with Crippen LogP contribution in [0.3, 0.4) is 0 Å². The van der Waals surface area contributed by atoms with Crippen LogP contribution in [0, 0.1) is 6.57 Å². The summed E-state index contributed by atoms with van der Waals surface area (Å²) in [5, 5.41) is 5.00. The third-order valence-corrected chi connectivity index (χ3v) is 13.7. The lowest BCUT2D eigenvalue weighted by Crippen LogP contribution is -2.01. The van der Waals surface area contributed by atoms with E-state index in [9.17, 15) is 0 Å². The molecule has 4 heteroatoms. The lowest BCUT2D eigenvalue weighted by atomic mass is 9.89. The van der Waals surface area contributed by atoms with E-state index in [1.807, 2.05) is 48.5 Å². The van der Waals surface area contributed by atoms with Gasteiger partial charge in [-0.05, 0) is 124 Å². The molecule has 0 N–H and O–H groups in total. The summed E-state index contributed by atoms with van der Waals surface area (Å²) < 4.78 is 0. The maximum Gasteiger partial charge on any atom is 0.195 e. The summed E-state index contributed by atoms with van der Waals surface area (Å²) in [7, 11) is 0. The van der Waals surface area contributed by atoms with Crippen molar-refractivity contribution < 1.29 is 0 Å². The zero-order valence-corrected chi connectivity index (χ0v) is 37.9. The van der Waals surface area contributed by atoms with Gasteiger partial charge in [0.05, 0.1) is 6.57 Å². The van der Waals surface area contributed by atoms with E-state index in [0.717, 1.165) is 72.3 Å². The van der Waals surface area contributed by atoms with Crippen molar-refractivity contribution in [3.63, 3.8) is 0 Å². The maximum atomic E-state index is 8.29. The summed E-state index contributed by atoms with van der Waals surface area (Å²) in [6.07, 6.45) is 0. The molecule has 11 aromatic carbocycles. The average Bonchev–Trinajstić information content (AvgIpc) is 3.76. The molecule has 70 heavy (non-hydrogen) atoms. The maximum absolute atomic E-state index is 8.29. The number of aromatic nitrogens is 3. The molecule has 13 rings (SSSR count). The van der Waals surface area contributed by atoms with Gasteiger partial charge >= 0.3 is 0 Å². The molecule has 1 aromatic heterocycles. The van der Waals surface area contributed by atoms with E-state index in [1.165, 1.54) is 43.8 Å². The summed E-state index contributed by atoms with van der Waals surface area (Å²) in [6, 6.07) is 85.2. The minimum absolute atomic E-state index is 0.585. The fourth-order valence-corrected chi connectivity index (χ4v) is 10.3. The van der Waals surface area contributed by atoms with E-state index in [4.69, 9.17) is 21.5 Å². The number of nitrogens with zero attached hydrogens (tertiary/aromatic N) is 4. The Hall–Kier alpha value is -9.56. The molecular formula is C66H40N4. The van der Waals surface area contributed by atoms with Crippen molar-refractivity contribution in [1.29, 1.82) is 0 Å². The van der Waals surface area contributed by atoms with Crippen molar-refractivity contribution in [2.75, 3.05) is 0 Å². The van der Waals surface area contributed by atoms with Crippen LogP contribution in [-0.4, -0.2) is 15.0 Å². The van der Waals surface area contributed by atoms with Gasteiger partial charge in [0.2, 0.25) is 0 Å². The van der Waals surface area contributed by atoms with Gasteiger partial charge in [0.1, 0.15) is 0 Å². The van der Waals surface area contributed by atoms with Crippen LogP contribution < -0.4 is 0 Å². The smallest absolute Gasteiger partial charge is 0.195 e. The largest absolute Gasteiger partial charge is 0.237 e. The van der Waals surface area contributed by atoms with Gasteiger partial charge in [-0.15, -0.1) is 0 Å². The van der Waals surface area contributed by atoms with E-state index in [2.05, 4.69) is 199 Å². The fourth-order valence-electron chi connectivity index (χ4n) is 10.3. The van der Waals surface area contributed by atoms with Gasteiger partial charge in [-0.1, -0.05) is 218 Å². The third-order valence-electron chi connectivity index (χ3n) is 13.7. The summed E-state index contributed by atoms with van der Waals surface area (Å²) in [6.45, 7) is 8.29. The summed E-state index contributed by atoms with van der Waals surface area (Å²) in [5.74, 6) is 1.79. The summed E-state index contributed by atoms with van der Waals surface area (Å²) >= 11 is 0. The highest BCUT2D eigenvalue weighted by Gasteiger charge is 2.22. The number of fused-ring (bicyclic) bond motifs is 4. The molecule has 0 bridgehead atoms. The van der Waals surface area contributed by atoms with E-state index in [-0.39, 0.29) is 0 Å². The highest BCUT2D eigenvalue weighted by Crippen LogP contribution is 2.49. The Morgan fingerprint density at radius 2 is 0.757 bits per heavy atom. The van der Waals surface area contributed by atoms with Crippen molar-refractivity contribution in [1.82, 2.24) is 15.0 Å². The van der Waals surface area contributed by atoms with Crippen LogP contribution in [0.15, 0.2) is 243 Å². The normalized spacial score (nSPS) is 11.4. The minimum Gasteiger partial charge on any atom is -0.237 e. The van der Waals surface area contributed by atoms with Gasteiger partial charge in [0, 0.05) is 16.7 Å². The highest BCUT2D eigenvalue weighted by molar-refractivity contribution is 6.15. The standard InChI is InChI=1S/C66H40N4/c1-67-61-29-13-26-55(63(61)45-33-30-43(31-34-45)50-36-37-56-57-27-11-18-44-19-12-28-58(62(44)57)60(56)41-50)52-22-10-21-51(40-52)54-24-7-8-25-59(54)66-69-64(46-15-3-2-4-16-46)68-65(70-66)53-23-9-20-48(39-53)49-35-32-42-14-5-6-17-47(42)38-49/h2-41H. The topological polar surface area (TPSA) is 43.0 Å². The second kappa shape index (κ2) is 16.9. The van der Waals surface area contributed by atoms with Gasteiger partial charge in [0.25, 0.3) is 0 Å². The van der Waals surface area contributed by atoms with E-state index in [0.29, 0.717) is 23.2 Å². The molecule has 1 aliphatic rings. The van der Waals surface area contributed by atoms with Gasteiger partial charge < -0.3 is 0 Å². The first-order valence-corrected chi connectivity index (χ1v) is 23.5. The average molecular weight is 889 g/mol. The number of rotatable bonds is 8. The lowest BCUT2D eigenvalue weighted by Gasteiger charge is -2.16. The summed E-state index contributed by atoms with van der Waals surface area (Å²) in [4.78, 5) is 19.6. The van der Waals surface area contributed by atoms with Crippen molar-refractivity contribution in [2.45, 2.75) is 0 Å². The van der Waals surface area contributed by atoms with Crippen LogP contribution in [0.5, 0.6) is 0 Å². The molecule has 1 aliphatic carbocycles. The molecule has 0 radical (unpaired) electrons. The van der Waals surface area contributed by atoms with Crippen molar-refractivity contribution in [3.8, 4) is 112 Å². The molecule has 0 spiro atoms. The molecule has 324 valence electrons. The second-order valence-corrected chi connectivity index (χ2v) is 17.8. The zero-order valence-electron chi connectivity index (χ0n) is 37.9. The quantitative estimate of drug-likeness (QED) is 0.143. The predicted octanol–water partition coefficient (Wildman–Crippen LogP) is 17.7. The molecule has 1 heterocycles. The Morgan fingerprint density at radius 1 is 0.257 bits per heavy atom. The molecule has 0 unspecified atom stereocenters. The van der Waals surface area contributed by atoms with Crippen molar-refractivity contribution >= 4 is 27.2 Å². The van der Waals surface area contributed by atoms with Crippen LogP contribution in [0.25, 0.3) is 138 Å². The first-order valence-electron chi connectivity index (χ1n) is 23.5. The van der Waals surface area contributed by atoms with Crippen molar-refractivity contribution in [2.24, 2.45) is 0 Å². The predicted molar refractivity (Wildman–Crippen MR) is 289 cm³/mol. The first-order chi connectivity index (χ1) is 34.6. The Balaban J connectivity index is 0.869. The molecule has 0 atom stereocenters. The zero-order chi connectivity index (χ0) is 46.5. The second-order valence-electron chi connectivity index (χ2n) is 17.8. The number of hydrogen-bond acceptors (Lipinski definition) is 3. The van der Waals surface area contributed by atoms with E-state index in [1.54, 1.807) is 0 Å². The van der Waals surface area contributed by atoms with Gasteiger partial charge in [0.15, 0.2) is 23.2 Å².